The first kappa shape index (κ1) is 21.0. The second-order valence-corrected chi connectivity index (χ2v) is 6.15. The number of carbonyl (C=O) groups excluding carboxylic acids is 1. The van der Waals surface area contributed by atoms with Crippen molar-refractivity contribution in [2.75, 3.05) is 40.9 Å². The zero-order valence-corrected chi connectivity index (χ0v) is 17.4. The molecule has 0 unspecified atom stereocenters. The van der Waals surface area contributed by atoms with Crippen LogP contribution in [0.4, 0.5) is 5.82 Å². The first-order chi connectivity index (χ1) is 14.6. The van der Waals surface area contributed by atoms with Crippen LogP contribution in [0.1, 0.15) is 15.9 Å². The Hall–Kier alpha value is -3.75. The van der Waals surface area contributed by atoms with E-state index in [4.69, 9.17) is 23.7 Å². The number of anilines is 1. The number of benzene rings is 2. The number of hydrogen-bond donors (Lipinski definition) is 1. The van der Waals surface area contributed by atoms with E-state index in [2.05, 4.69) is 15.3 Å². The number of aromatic nitrogens is 2. The van der Waals surface area contributed by atoms with Crippen molar-refractivity contribution in [1.29, 1.82) is 0 Å². The highest BCUT2D eigenvalue weighted by Crippen LogP contribution is 2.35. The van der Waals surface area contributed by atoms with Crippen LogP contribution in [0, 0.1) is 0 Å². The van der Waals surface area contributed by atoms with Gasteiger partial charge in [-0.15, -0.1) is 0 Å². The van der Waals surface area contributed by atoms with Crippen molar-refractivity contribution < 1.29 is 28.5 Å². The minimum atomic E-state index is -0.505. The SMILES string of the molecule is COC(=O)c1cc2ncnc(NCc3c(OC)cc(OC)cc3OC)c2cc1OC. The summed E-state index contributed by atoms with van der Waals surface area (Å²) in [4.78, 5) is 20.6. The van der Waals surface area contributed by atoms with Gasteiger partial charge < -0.3 is 29.0 Å². The molecule has 0 aliphatic heterocycles. The summed E-state index contributed by atoms with van der Waals surface area (Å²) >= 11 is 0. The van der Waals surface area contributed by atoms with Crippen molar-refractivity contribution >= 4 is 22.7 Å². The van der Waals surface area contributed by atoms with E-state index in [0.29, 0.717) is 46.3 Å². The van der Waals surface area contributed by atoms with E-state index in [1.54, 1.807) is 45.6 Å². The molecule has 0 atom stereocenters. The normalized spacial score (nSPS) is 10.4. The average molecular weight is 413 g/mol. The van der Waals surface area contributed by atoms with Crippen LogP contribution in [0.5, 0.6) is 23.0 Å². The molecule has 0 aliphatic rings. The molecule has 0 bridgehead atoms. The Balaban J connectivity index is 2.00. The standard InChI is InChI=1S/C21H23N3O6/c1-26-12-6-17(27-2)15(18(7-12)28-3)10-22-20-13-9-19(29-4)14(21(25)30-5)8-16(13)23-11-24-20/h6-9,11H,10H2,1-5H3,(H,22,23,24). The van der Waals surface area contributed by atoms with Gasteiger partial charge in [0.05, 0.1) is 46.6 Å². The fraction of sp³-hybridized carbons (Fsp3) is 0.286. The van der Waals surface area contributed by atoms with E-state index < -0.39 is 5.97 Å². The van der Waals surface area contributed by atoms with E-state index in [-0.39, 0.29) is 5.56 Å². The van der Waals surface area contributed by atoms with E-state index in [1.165, 1.54) is 20.5 Å². The van der Waals surface area contributed by atoms with Gasteiger partial charge in [0.25, 0.3) is 0 Å². The van der Waals surface area contributed by atoms with Gasteiger partial charge in [0.1, 0.15) is 40.7 Å². The van der Waals surface area contributed by atoms with Gasteiger partial charge in [0.2, 0.25) is 0 Å². The average Bonchev–Trinajstić information content (AvgIpc) is 2.80. The number of rotatable bonds is 8. The van der Waals surface area contributed by atoms with Gasteiger partial charge in [-0.05, 0) is 12.1 Å². The lowest BCUT2D eigenvalue weighted by Gasteiger charge is -2.16. The Labute approximate surface area is 173 Å². The predicted octanol–water partition coefficient (Wildman–Crippen LogP) is 3.06. The first-order valence-electron chi connectivity index (χ1n) is 9.00. The minimum absolute atomic E-state index is 0.288. The number of carbonyl (C=O) groups is 1. The zero-order valence-electron chi connectivity index (χ0n) is 17.4. The van der Waals surface area contributed by atoms with Crippen LogP contribution in [-0.4, -0.2) is 51.5 Å². The second-order valence-electron chi connectivity index (χ2n) is 6.15. The quantitative estimate of drug-likeness (QED) is 0.558. The molecule has 0 aliphatic carbocycles. The highest BCUT2D eigenvalue weighted by molar-refractivity contribution is 6.00. The summed E-state index contributed by atoms with van der Waals surface area (Å²) in [5.41, 5.74) is 1.66. The number of esters is 1. The van der Waals surface area contributed by atoms with Crippen LogP contribution < -0.4 is 24.3 Å². The lowest BCUT2D eigenvalue weighted by atomic mass is 10.1. The van der Waals surface area contributed by atoms with Gasteiger partial charge in [-0.1, -0.05) is 0 Å². The molecule has 2 aromatic carbocycles. The number of nitrogens with one attached hydrogen (secondary N) is 1. The molecule has 1 N–H and O–H groups in total. The highest BCUT2D eigenvalue weighted by atomic mass is 16.5. The minimum Gasteiger partial charge on any atom is -0.496 e. The van der Waals surface area contributed by atoms with Crippen molar-refractivity contribution in [3.63, 3.8) is 0 Å². The Morgan fingerprint density at radius 1 is 0.867 bits per heavy atom. The summed E-state index contributed by atoms with van der Waals surface area (Å²) in [5, 5.41) is 3.97. The summed E-state index contributed by atoms with van der Waals surface area (Å²) in [5.74, 6) is 2.28. The molecule has 9 heteroatoms. The van der Waals surface area contributed by atoms with Gasteiger partial charge in [0, 0.05) is 24.1 Å². The first-order valence-corrected chi connectivity index (χ1v) is 9.00. The molecule has 3 aromatic rings. The Kier molecular flexibility index (Phi) is 6.41. The van der Waals surface area contributed by atoms with Gasteiger partial charge in [-0.25, -0.2) is 14.8 Å². The highest BCUT2D eigenvalue weighted by Gasteiger charge is 2.18. The zero-order chi connectivity index (χ0) is 21.7. The van der Waals surface area contributed by atoms with Crippen LogP contribution in [-0.2, 0) is 11.3 Å². The smallest absolute Gasteiger partial charge is 0.341 e. The summed E-state index contributed by atoms with van der Waals surface area (Å²) in [7, 11) is 7.54. The lowest BCUT2D eigenvalue weighted by Crippen LogP contribution is -2.08. The fourth-order valence-corrected chi connectivity index (χ4v) is 3.09. The molecular weight excluding hydrogens is 390 g/mol. The summed E-state index contributed by atoms with van der Waals surface area (Å²) in [6.45, 7) is 0.365. The third-order valence-electron chi connectivity index (χ3n) is 4.61. The Morgan fingerprint density at radius 2 is 1.53 bits per heavy atom. The molecule has 9 nitrogen and oxygen atoms in total. The fourth-order valence-electron chi connectivity index (χ4n) is 3.09. The second kappa shape index (κ2) is 9.17. The van der Waals surface area contributed by atoms with Crippen LogP contribution in [0.15, 0.2) is 30.6 Å². The largest absolute Gasteiger partial charge is 0.496 e. The Bertz CT molecular complexity index is 1050. The number of fused-ring (bicyclic) bond motifs is 1. The van der Waals surface area contributed by atoms with E-state index in [9.17, 15) is 4.79 Å². The molecule has 30 heavy (non-hydrogen) atoms. The molecular formula is C21H23N3O6. The number of hydrogen-bond acceptors (Lipinski definition) is 9. The molecule has 0 fully saturated rings. The van der Waals surface area contributed by atoms with E-state index in [1.807, 2.05) is 0 Å². The van der Waals surface area contributed by atoms with Crippen molar-refractivity contribution in [2.45, 2.75) is 6.54 Å². The third kappa shape index (κ3) is 4.00. The maximum absolute atomic E-state index is 12.0. The van der Waals surface area contributed by atoms with Crippen molar-refractivity contribution in [1.82, 2.24) is 9.97 Å². The lowest BCUT2D eigenvalue weighted by molar-refractivity contribution is 0.0597. The molecule has 3 rings (SSSR count). The van der Waals surface area contributed by atoms with E-state index in [0.717, 1.165) is 5.56 Å². The molecule has 1 aromatic heterocycles. The third-order valence-corrected chi connectivity index (χ3v) is 4.61. The van der Waals surface area contributed by atoms with E-state index >= 15 is 0 Å². The van der Waals surface area contributed by atoms with Gasteiger partial charge in [-0.3, -0.25) is 0 Å². The Morgan fingerprint density at radius 3 is 2.10 bits per heavy atom. The maximum atomic E-state index is 12.0. The molecule has 1 heterocycles. The van der Waals surface area contributed by atoms with Gasteiger partial charge in [0.15, 0.2) is 0 Å². The maximum Gasteiger partial charge on any atom is 0.341 e. The molecule has 0 saturated heterocycles. The summed E-state index contributed by atoms with van der Waals surface area (Å²) in [6.07, 6.45) is 1.42. The number of methoxy groups -OCH3 is 5. The van der Waals surface area contributed by atoms with Crippen LogP contribution in [0.2, 0.25) is 0 Å². The molecule has 0 amide bonds. The molecule has 0 saturated carbocycles. The van der Waals surface area contributed by atoms with Gasteiger partial charge in [-0.2, -0.15) is 0 Å². The summed E-state index contributed by atoms with van der Waals surface area (Å²) in [6, 6.07) is 6.88. The van der Waals surface area contributed by atoms with Gasteiger partial charge >= 0.3 is 5.97 Å². The van der Waals surface area contributed by atoms with Crippen molar-refractivity contribution in [2.24, 2.45) is 0 Å². The monoisotopic (exact) mass is 413 g/mol. The van der Waals surface area contributed by atoms with Crippen LogP contribution in [0.25, 0.3) is 10.9 Å². The molecule has 0 spiro atoms. The number of ether oxygens (including phenoxy) is 5. The molecule has 158 valence electrons. The van der Waals surface area contributed by atoms with Crippen molar-refractivity contribution in [3.8, 4) is 23.0 Å². The van der Waals surface area contributed by atoms with Crippen LogP contribution in [0.3, 0.4) is 0 Å². The van der Waals surface area contributed by atoms with Crippen LogP contribution >= 0.6 is 0 Å². The molecule has 0 radical (unpaired) electrons. The predicted molar refractivity (Wildman–Crippen MR) is 111 cm³/mol. The number of nitrogens with zero attached hydrogens (tertiary/aromatic N) is 2. The van der Waals surface area contributed by atoms with Crippen molar-refractivity contribution in [3.05, 3.63) is 41.7 Å². The topological polar surface area (TPSA) is 101 Å². The summed E-state index contributed by atoms with van der Waals surface area (Å²) < 4.78 is 26.4.